The van der Waals surface area contributed by atoms with Crippen molar-refractivity contribution in [2.75, 3.05) is 5.88 Å². The molecular weight excluding hydrogens is 322 g/mol. The number of hydrogen-bond acceptors (Lipinski definition) is 2. The van der Waals surface area contributed by atoms with Gasteiger partial charge < -0.3 is 4.74 Å². The van der Waals surface area contributed by atoms with Crippen LogP contribution in [0, 0.1) is 0 Å². The summed E-state index contributed by atoms with van der Waals surface area (Å²) >= 11 is 5.87. The molecule has 124 valence electrons. The third-order valence-corrected chi connectivity index (χ3v) is 4.33. The molecule has 1 unspecified atom stereocenters. The lowest BCUT2D eigenvalue weighted by Crippen LogP contribution is -2.40. The zero-order valence-electron chi connectivity index (χ0n) is 13.6. The fourth-order valence-electron chi connectivity index (χ4n) is 2.91. The number of ether oxygens (including phenoxy) is 1. The molecular formula is C20H20ClNO2. The number of allylic oxidation sites excluding steroid dienone is 1. The quantitative estimate of drug-likeness (QED) is 0.741. The highest BCUT2D eigenvalue weighted by Crippen LogP contribution is 2.34. The van der Waals surface area contributed by atoms with Gasteiger partial charge in [0, 0.05) is 18.0 Å². The lowest BCUT2D eigenvalue weighted by atomic mass is 10.0. The summed E-state index contributed by atoms with van der Waals surface area (Å²) in [6.07, 6.45) is 0.0944. The van der Waals surface area contributed by atoms with Crippen molar-refractivity contribution in [3.63, 3.8) is 0 Å². The number of benzene rings is 2. The summed E-state index contributed by atoms with van der Waals surface area (Å²) < 4.78 is 6.12. The van der Waals surface area contributed by atoms with Crippen molar-refractivity contribution >= 4 is 17.5 Å². The SMILES string of the molecule is CC1=C(CCCl)C(=O)N(Cc2ccccc2)C(c2ccccc2)O1. The number of carbonyl (C=O) groups is 1. The Morgan fingerprint density at radius 1 is 1.04 bits per heavy atom. The van der Waals surface area contributed by atoms with E-state index in [0.29, 0.717) is 30.2 Å². The molecule has 3 rings (SSSR count). The monoisotopic (exact) mass is 341 g/mol. The van der Waals surface area contributed by atoms with E-state index in [1.54, 1.807) is 4.90 Å². The van der Waals surface area contributed by atoms with Crippen LogP contribution >= 0.6 is 11.6 Å². The van der Waals surface area contributed by atoms with Gasteiger partial charge >= 0.3 is 0 Å². The highest BCUT2D eigenvalue weighted by atomic mass is 35.5. The van der Waals surface area contributed by atoms with E-state index < -0.39 is 6.23 Å². The zero-order valence-corrected chi connectivity index (χ0v) is 14.4. The van der Waals surface area contributed by atoms with Gasteiger partial charge in [-0.05, 0) is 18.9 Å². The molecule has 1 heterocycles. The van der Waals surface area contributed by atoms with Crippen LogP contribution in [-0.2, 0) is 16.1 Å². The van der Waals surface area contributed by atoms with Gasteiger partial charge in [-0.3, -0.25) is 9.69 Å². The van der Waals surface area contributed by atoms with Crippen molar-refractivity contribution < 1.29 is 9.53 Å². The molecule has 3 nitrogen and oxygen atoms in total. The van der Waals surface area contributed by atoms with E-state index in [4.69, 9.17) is 16.3 Å². The molecule has 0 saturated carbocycles. The van der Waals surface area contributed by atoms with E-state index in [1.807, 2.05) is 67.6 Å². The van der Waals surface area contributed by atoms with Gasteiger partial charge in [0.1, 0.15) is 5.76 Å². The van der Waals surface area contributed by atoms with Gasteiger partial charge in [0.05, 0.1) is 5.57 Å². The Morgan fingerprint density at radius 2 is 1.67 bits per heavy atom. The van der Waals surface area contributed by atoms with Crippen LogP contribution in [0.5, 0.6) is 0 Å². The first-order valence-electron chi connectivity index (χ1n) is 8.03. The highest BCUT2D eigenvalue weighted by molar-refractivity contribution is 6.18. The third kappa shape index (κ3) is 3.46. The maximum atomic E-state index is 13.0. The average Bonchev–Trinajstić information content (AvgIpc) is 2.62. The summed E-state index contributed by atoms with van der Waals surface area (Å²) in [6.45, 7) is 2.34. The lowest BCUT2D eigenvalue weighted by molar-refractivity contribution is -0.146. The summed E-state index contributed by atoms with van der Waals surface area (Å²) in [4.78, 5) is 14.8. The Balaban J connectivity index is 1.97. The van der Waals surface area contributed by atoms with Gasteiger partial charge in [-0.25, -0.2) is 0 Å². The number of halogens is 1. The Hall–Kier alpha value is -2.26. The number of rotatable bonds is 5. The molecule has 1 aliphatic heterocycles. The van der Waals surface area contributed by atoms with Gasteiger partial charge in [-0.1, -0.05) is 60.7 Å². The van der Waals surface area contributed by atoms with Crippen LogP contribution in [0.1, 0.15) is 30.7 Å². The minimum atomic E-state index is -0.419. The largest absolute Gasteiger partial charge is 0.470 e. The maximum Gasteiger partial charge on any atom is 0.256 e. The standard InChI is InChI=1S/C20H20ClNO2/c1-15-18(12-13-21)19(23)22(14-16-8-4-2-5-9-16)20(24-15)17-10-6-3-7-11-17/h2-11,20H,12-14H2,1H3. The van der Waals surface area contributed by atoms with Crippen LogP contribution in [0.4, 0.5) is 0 Å². The molecule has 0 aromatic heterocycles. The van der Waals surface area contributed by atoms with Crippen molar-refractivity contribution in [2.24, 2.45) is 0 Å². The Bertz CT molecular complexity index is 728. The lowest BCUT2D eigenvalue weighted by Gasteiger charge is -2.37. The van der Waals surface area contributed by atoms with Crippen LogP contribution in [0.3, 0.4) is 0 Å². The minimum absolute atomic E-state index is 0.00268. The first-order valence-corrected chi connectivity index (χ1v) is 8.56. The second-order valence-electron chi connectivity index (χ2n) is 5.77. The first kappa shape index (κ1) is 16.6. The first-order chi connectivity index (χ1) is 11.7. The van der Waals surface area contributed by atoms with Crippen molar-refractivity contribution in [3.05, 3.63) is 83.1 Å². The molecule has 0 spiro atoms. The summed E-state index contributed by atoms with van der Waals surface area (Å²) in [5, 5.41) is 0. The minimum Gasteiger partial charge on any atom is -0.470 e. The molecule has 0 bridgehead atoms. The molecule has 1 amide bonds. The smallest absolute Gasteiger partial charge is 0.256 e. The molecule has 2 aromatic rings. The predicted octanol–water partition coefficient (Wildman–Crippen LogP) is 4.65. The Labute approximate surface area is 147 Å². The second kappa shape index (κ2) is 7.54. The Morgan fingerprint density at radius 3 is 2.29 bits per heavy atom. The van der Waals surface area contributed by atoms with Gasteiger partial charge in [-0.15, -0.1) is 11.6 Å². The molecule has 4 heteroatoms. The Kier molecular flexibility index (Phi) is 5.21. The molecule has 0 N–H and O–H groups in total. The molecule has 0 aliphatic carbocycles. The normalized spacial score (nSPS) is 17.8. The van der Waals surface area contributed by atoms with E-state index in [9.17, 15) is 4.79 Å². The van der Waals surface area contributed by atoms with Crippen molar-refractivity contribution in [1.82, 2.24) is 4.90 Å². The molecule has 0 radical (unpaired) electrons. The summed E-state index contributed by atoms with van der Waals surface area (Å²) in [5.41, 5.74) is 2.69. The van der Waals surface area contributed by atoms with Crippen LogP contribution in [0.2, 0.25) is 0 Å². The second-order valence-corrected chi connectivity index (χ2v) is 6.15. The molecule has 0 fully saturated rings. The van der Waals surface area contributed by atoms with Gasteiger partial charge in [0.15, 0.2) is 0 Å². The van der Waals surface area contributed by atoms with Crippen molar-refractivity contribution in [1.29, 1.82) is 0 Å². The van der Waals surface area contributed by atoms with E-state index in [0.717, 1.165) is 11.1 Å². The van der Waals surface area contributed by atoms with E-state index >= 15 is 0 Å². The maximum absolute atomic E-state index is 13.0. The summed E-state index contributed by atoms with van der Waals surface area (Å²) in [6, 6.07) is 19.8. The van der Waals surface area contributed by atoms with Crippen LogP contribution in [0.25, 0.3) is 0 Å². The van der Waals surface area contributed by atoms with Crippen LogP contribution in [-0.4, -0.2) is 16.7 Å². The predicted molar refractivity (Wildman–Crippen MR) is 95.3 cm³/mol. The topological polar surface area (TPSA) is 29.5 Å². The molecule has 24 heavy (non-hydrogen) atoms. The highest BCUT2D eigenvalue weighted by Gasteiger charge is 2.34. The van der Waals surface area contributed by atoms with E-state index in [2.05, 4.69) is 0 Å². The zero-order chi connectivity index (χ0) is 16.9. The van der Waals surface area contributed by atoms with E-state index in [-0.39, 0.29) is 5.91 Å². The van der Waals surface area contributed by atoms with Gasteiger partial charge in [0.25, 0.3) is 5.91 Å². The number of alkyl halides is 1. The molecule has 1 atom stereocenters. The number of hydrogen-bond donors (Lipinski definition) is 0. The van der Waals surface area contributed by atoms with Gasteiger partial charge in [-0.2, -0.15) is 0 Å². The van der Waals surface area contributed by atoms with Crippen molar-refractivity contribution in [3.8, 4) is 0 Å². The average molecular weight is 342 g/mol. The number of amides is 1. The van der Waals surface area contributed by atoms with Crippen LogP contribution in [0.15, 0.2) is 72.0 Å². The molecule has 0 saturated heterocycles. The fraction of sp³-hybridized carbons (Fsp3) is 0.250. The van der Waals surface area contributed by atoms with Crippen molar-refractivity contribution in [2.45, 2.75) is 26.1 Å². The number of carbonyl (C=O) groups excluding carboxylic acids is 1. The summed E-state index contributed by atoms with van der Waals surface area (Å²) in [5.74, 6) is 1.06. The fourth-order valence-corrected chi connectivity index (χ4v) is 3.10. The molecule has 2 aromatic carbocycles. The third-order valence-electron chi connectivity index (χ3n) is 4.14. The molecule has 1 aliphatic rings. The van der Waals surface area contributed by atoms with Crippen LogP contribution < -0.4 is 0 Å². The van der Waals surface area contributed by atoms with Gasteiger partial charge in [0.2, 0.25) is 6.23 Å². The summed E-state index contributed by atoms with van der Waals surface area (Å²) in [7, 11) is 0. The van der Waals surface area contributed by atoms with E-state index in [1.165, 1.54) is 0 Å². The number of nitrogens with zero attached hydrogens (tertiary/aromatic N) is 1.